The van der Waals surface area contributed by atoms with Crippen LogP contribution in [-0.4, -0.2) is 11.5 Å². The van der Waals surface area contributed by atoms with Crippen molar-refractivity contribution in [2.45, 2.75) is 19.9 Å². The van der Waals surface area contributed by atoms with Gasteiger partial charge in [0.15, 0.2) is 0 Å². The normalized spacial score (nSPS) is 10.8. The van der Waals surface area contributed by atoms with E-state index in [9.17, 15) is 4.39 Å². The van der Waals surface area contributed by atoms with Gasteiger partial charge < -0.3 is 5.32 Å². The monoisotopic (exact) mass is 284 g/mol. The van der Waals surface area contributed by atoms with Gasteiger partial charge in [0, 0.05) is 34.6 Å². The molecule has 0 aliphatic rings. The number of aromatic nitrogens is 1. The Kier molecular flexibility index (Phi) is 4.69. The van der Waals surface area contributed by atoms with Crippen LogP contribution in [0.1, 0.15) is 22.4 Å². The lowest BCUT2D eigenvalue weighted by atomic mass is 10.1. The highest BCUT2D eigenvalue weighted by atomic mass is 35.5. The Morgan fingerprint density at radius 3 is 3.00 bits per heavy atom. The molecule has 2 rings (SSSR count). The van der Waals surface area contributed by atoms with Crippen molar-refractivity contribution in [1.82, 2.24) is 10.3 Å². The first-order chi connectivity index (χ1) is 8.70. The largest absolute Gasteiger partial charge is 0.312 e. The van der Waals surface area contributed by atoms with Gasteiger partial charge in [-0.1, -0.05) is 24.6 Å². The summed E-state index contributed by atoms with van der Waals surface area (Å²) in [4.78, 5) is 5.45. The Morgan fingerprint density at radius 2 is 2.28 bits per heavy atom. The SMILES string of the molecule is CCNCc1cnc(Cc2c(F)cccc2Cl)s1. The molecule has 1 N–H and O–H groups in total. The number of thiazole rings is 1. The highest BCUT2D eigenvalue weighted by molar-refractivity contribution is 7.11. The van der Waals surface area contributed by atoms with Crippen molar-refractivity contribution in [3.05, 3.63) is 50.7 Å². The van der Waals surface area contributed by atoms with E-state index in [1.807, 2.05) is 6.20 Å². The van der Waals surface area contributed by atoms with Crippen molar-refractivity contribution in [2.75, 3.05) is 6.54 Å². The lowest BCUT2D eigenvalue weighted by molar-refractivity contribution is 0.614. The maximum absolute atomic E-state index is 13.6. The van der Waals surface area contributed by atoms with E-state index in [1.165, 1.54) is 6.07 Å². The zero-order valence-corrected chi connectivity index (χ0v) is 11.6. The molecule has 5 heteroatoms. The fourth-order valence-corrected chi connectivity index (χ4v) is 2.75. The number of nitrogens with one attached hydrogen (secondary N) is 1. The molecule has 0 amide bonds. The minimum absolute atomic E-state index is 0.272. The van der Waals surface area contributed by atoms with Gasteiger partial charge in [-0.05, 0) is 18.7 Å². The number of rotatable bonds is 5. The molecule has 0 aliphatic carbocycles. The van der Waals surface area contributed by atoms with Crippen LogP contribution in [0.25, 0.3) is 0 Å². The molecule has 0 fully saturated rings. The number of benzene rings is 1. The van der Waals surface area contributed by atoms with Crippen molar-refractivity contribution >= 4 is 22.9 Å². The van der Waals surface area contributed by atoms with Crippen molar-refractivity contribution in [2.24, 2.45) is 0 Å². The van der Waals surface area contributed by atoms with Crippen LogP contribution >= 0.6 is 22.9 Å². The second-order valence-corrected chi connectivity index (χ2v) is 5.48. The number of halogens is 2. The van der Waals surface area contributed by atoms with E-state index >= 15 is 0 Å². The molecule has 0 saturated heterocycles. The summed E-state index contributed by atoms with van der Waals surface area (Å²) < 4.78 is 13.6. The van der Waals surface area contributed by atoms with Crippen molar-refractivity contribution < 1.29 is 4.39 Å². The summed E-state index contributed by atoms with van der Waals surface area (Å²) in [5, 5.41) is 4.58. The molecular weight excluding hydrogens is 271 g/mol. The Bertz CT molecular complexity index is 507. The topological polar surface area (TPSA) is 24.9 Å². The minimum atomic E-state index is -0.272. The van der Waals surface area contributed by atoms with Crippen LogP contribution in [-0.2, 0) is 13.0 Å². The van der Waals surface area contributed by atoms with E-state index in [-0.39, 0.29) is 5.82 Å². The zero-order valence-electron chi connectivity index (χ0n) is 10.0. The predicted octanol–water partition coefficient (Wildman–Crippen LogP) is 3.64. The van der Waals surface area contributed by atoms with Crippen LogP contribution in [0, 0.1) is 5.82 Å². The van der Waals surface area contributed by atoms with Crippen LogP contribution in [0.3, 0.4) is 0 Å². The Hall–Kier alpha value is -0.970. The van der Waals surface area contributed by atoms with Gasteiger partial charge in [0.25, 0.3) is 0 Å². The summed E-state index contributed by atoms with van der Waals surface area (Å²) in [6.45, 7) is 3.78. The van der Waals surface area contributed by atoms with Gasteiger partial charge in [-0.3, -0.25) is 0 Å². The van der Waals surface area contributed by atoms with Gasteiger partial charge in [-0.15, -0.1) is 11.3 Å². The Morgan fingerprint density at radius 1 is 1.44 bits per heavy atom. The summed E-state index contributed by atoms with van der Waals surface area (Å²) in [7, 11) is 0. The fourth-order valence-electron chi connectivity index (χ4n) is 1.61. The van der Waals surface area contributed by atoms with Gasteiger partial charge >= 0.3 is 0 Å². The maximum Gasteiger partial charge on any atom is 0.128 e. The standard InChI is InChI=1S/C13H14ClFN2S/c1-2-16-7-9-8-17-13(18-9)6-10-11(14)4-3-5-12(10)15/h3-5,8,16H,2,6-7H2,1H3. The smallest absolute Gasteiger partial charge is 0.128 e. The van der Waals surface area contributed by atoms with Crippen molar-refractivity contribution in [1.29, 1.82) is 0 Å². The Balaban J connectivity index is 2.11. The third-order valence-corrected chi connectivity index (χ3v) is 3.89. The van der Waals surface area contributed by atoms with Gasteiger partial charge in [0.2, 0.25) is 0 Å². The summed E-state index contributed by atoms with van der Waals surface area (Å²) >= 11 is 7.58. The highest BCUT2D eigenvalue weighted by Crippen LogP contribution is 2.24. The molecule has 2 aromatic rings. The van der Waals surface area contributed by atoms with Crippen LogP contribution in [0.5, 0.6) is 0 Å². The van der Waals surface area contributed by atoms with E-state index in [0.717, 1.165) is 23.0 Å². The molecule has 0 aliphatic heterocycles. The van der Waals surface area contributed by atoms with E-state index in [4.69, 9.17) is 11.6 Å². The van der Waals surface area contributed by atoms with Gasteiger partial charge in [-0.2, -0.15) is 0 Å². The third kappa shape index (κ3) is 3.28. The van der Waals surface area contributed by atoms with Gasteiger partial charge in [-0.25, -0.2) is 9.37 Å². The number of nitrogens with zero attached hydrogens (tertiary/aromatic N) is 1. The first-order valence-electron chi connectivity index (χ1n) is 5.78. The molecule has 2 nitrogen and oxygen atoms in total. The van der Waals surface area contributed by atoms with Crippen LogP contribution in [0.2, 0.25) is 5.02 Å². The first kappa shape index (κ1) is 13.5. The lowest BCUT2D eigenvalue weighted by Crippen LogP contribution is -2.10. The van der Waals surface area contributed by atoms with Gasteiger partial charge in [0.1, 0.15) is 5.82 Å². The average molecular weight is 285 g/mol. The average Bonchev–Trinajstić information content (AvgIpc) is 2.79. The zero-order chi connectivity index (χ0) is 13.0. The molecule has 96 valence electrons. The van der Waals surface area contributed by atoms with Crippen LogP contribution in [0.15, 0.2) is 24.4 Å². The first-order valence-corrected chi connectivity index (χ1v) is 6.97. The molecule has 0 bridgehead atoms. The molecule has 0 saturated carbocycles. The quantitative estimate of drug-likeness (QED) is 0.907. The second kappa shape index (κ2) is 6.27. The van der Waals surface area contributed by atoms with Crippen LogP contribution < -0.4 is 5.32 Å². The molecule has 0 unspecified atom stereocenters. The highest BCUT2D eigenvalue weighted by Gasteiger charge is 2.10. The van der Waals surface area contributed by atoms with E-state index in [1.54, 1.807) is 23.5 Å². The molecule has 0 spiro atoms. The number of hydrogen-bond acceptors (Lipinski definition) is 3. The predicted molar refractivity (Wildman–Crippen MR) is 73.7 cm³/mol. The lowest BCUT2D eigenvalue weighted by Gasteiger charge is -2.03. The molecule has 1 aromatic heterocycles. The maximum atomic E-state index is 13.6. The summed E-state index contributed by atoms with van der Waals surface area (Å²) in [6, 6.07) is 4.74. The second-order valence-electron chi connectivity index (χ2n) is 3.88. The molecule has 18 heavy (non-hydrogen) atoms. The van der Waals surface area contributed by atoms with Crippen molar-refractivity contribution in [3.63, 3.8) is 0 Å². The van der Waals surface area contributed by atoms with E-state index in [0.29, 0.717) is 17.0 Å². The molecule has 0 atom stereocenters. The fraction of sp³-hybridized carbons (Fsp3) is 0.308. The molecular formula is C13H14ClFN2S. The third-order valence-electron chi connectivity index (χ3n) is 2.54. The summed E-state index contributed by atoms with van der Waals surface area (Å²) in [6.07, 6.45) is 2.28. The molecule has 1 aromatic carbocycles. The van der Waals surface area contributed by atoms with Crippen LogP contribution in [0.4, 0.5) is 4.39 Å². The molecule has 0 radical (unpaired) electrons. The van der Waals surface area contributed by atoms with E-state index in [2.05, 4.69) is 17.2 Å². The summed E-state index contributed by atoms with van der Waals surface area (Å²) in [5.41, 5.74) is 0.517. The Labute approximate surface area is 115 Å². The minimum Gasteiger partial charge on any atom is -0.312 e. The summed E-state index contributed by atoms with van der Waals surface area (Å²) in [5.74, 6) is -0.272. The van der Waals surface area contributed by atoms with Crippen molar-refractivity contribution in [3.8, 4) is 0 Å². The van der Waals surface area contributed by atoms with Gasteiger partial charge in [0.05, 0.1) is 5.01 Å². The van der Waals surface area contributed by atoms with E-state index < -0.39 is 0 Å². The molecule has 1 heterocycles. The number of hydrogen-bond donors (Lipinski definition) is 1.